The minimum absolute atomic E-state index is 0. The summed E-state index contributed by atoms with van der Waals surface area (Å²) in [5.41, 5.74) is 3.90. The predicted octanol–water partition coefficient (Wildman–Crippen LogP) is 4.20. The van der Waals surface area contributed by atoms with Gasteiger partial charge in [-0.3, -0.25) is 0 Å². The molecule has 172 valence electrons. The molecule has 9 heteroatoms. The van der Waals surface area contributed by atoms with Gasteiger partial charge in [0, 0.05) is 36.8 Å². The number of aryl methyl sites for hydroxylation is 2. The van der Waals surface area contributed by atoms with Crippen molar-refractivity contribution in [2.24, 2.45) is 4.99 Å². The molecule has 0 atom stereocenters. The van der Waals surface area contributed by atoms with Crippen LogP contribution in [0.1, 0.15) is 57.2 Å². The molecule has 4 N–H and O–H groups in total. The highest BCUT2D eigenvalue weighted by molar-refractivity contribution is 14.0. The maximum Gasteiger partial charge on any atom is 0.319 e. The van der Waals surface area contributed by atoms with Gasteiger partial charge in [-0.15, -0.1) is 24.0 Å². The minimum atomic E-state index is -0.207. The number of rotatable bonds is 9. The van der Waals surface area contributed by atoms with Gasteiger partial charge in [0.1, 0.15) is 5.76 Å². The summed E-state index contributed by atoms with van der Waals surface area (Å²) >= 11 is 0. The van der Waals surface area contributed by atoms with Crippen molar-refractivity contribution in [3.8, 4) is 0 Å². The second kappa shape index (κ2) is 13.9. The van der Waals surface area contributed by atoms with Crippen LogP contribution >= 0.6 is 24.0 Å². The average Bonchev–Trinajstić information content (AvgIpc) is 3.12. The summed E-state index contributed by atoms with van der Waals surface area (Å²) in [7, 11) is 0. The van der Waals surface area contributed by atoms with E-state index in [1.54, 1.807) is 0 Å². The fraction of sp³-hybridized carbons (Fsp3) is 0.500. The fourth-order valence-electron chi connectivity index (χ4n) is 2.94. The van der Waals surface area contributed by atoms with E-state index in [1.807, 2.05) is 45.0 Å². The van der Waals surface area contributed by atoms with Crippen LogP contribution in [0.3, 0.4) is 0 Å². The van der Waals surface area contributed by atoms with Crippen molar-refractivity contribution in [2.45, 2.75) is 66.6 Å². The zero-order chi connectivity index (χ0) is 21.9. The van der Waals surface area contributed by atoms with Gasteiger partial charge in [0.05, 0.1) is 12.2 Å². The van der Waals surface area contributed by atoms with Gasteiger partial charge in [-0.25, -0.2) is 9.79 Å². The predicted molar refractivity (Wildman–Crippen MR) is 136 cm³/mol. The summed E-state index contributed by atoms with van der Waals surface area (Å²) in [4.78, 5) is 16.5. The summed E-state index contributed by atoms with van der Waals surface area (Å²) < 4.78 is 5.43. The number of anilines is 1. The molecular weight excluding hydrogens is 507 g/mol. The Morgan fingerprint density at radius 3 is 2.39 bits per heavy atom. The van der Waals surface area contributed by atoms with Gasteiger partial charge in [-0.05, 0) is 44.9 Å². The normalized spacial score (nSPS) is 11.1. The molecule has 1 aromatic heterocycles. The largest absolute Gasteiger partial charge is 0.361 e. The SMILES string of the molecule is CCNC(=NCc1ccc(NC(=O)NC(C)C)cc1)NCc1c(CC)noc1CC.I. The topological polar surface area (TPSA) is 104 Å². The molecule has 0 unspecified atom stereocenters. The highest BCUT2D eigenvalue weighted by Crippen LogP contribution is 2.15. The number of aliphatic imine (C=N–C) groups is 1. The third kappa shape index (κ3) is 8.76. The second-order valence-electron chi connectivity index (χ2n) is 7.24. The number of nitrogens with one attached hydrogen (secondary N) is 4. The Labute approximate surface area is 202 Å². The van der Waals surface area contributed by atoms with E-state index in [2.05, 4.69) is 45.3 Å². The number of benzene rings is 1. The number of nitrogens with zero attached hydrogens (tertiary/aromatic N) is 2. The van der Waals surface area contributed by atoms with Crippen LogP contribution in [0, 0.1) is 0 Å². The molecule has 0 bridgehead atoms. The number of hydrogen-bond donors (Lipinski definition) is 4. The van der Waals surface area contributed by atoms with Crippen molar-refractivity contribution in [2.75, 3.05) is 11.9 Å². The monoisotopic (exact) mass is 542 g/mol. The lowest BCUT2D eigenvalue weighted by Gasteiger charge is -2.12. The molecule has 0 aliphatic heterocycles. The van der Waals surface area contributed by atoms with Crippen LogP contribution in [0.2, 0.25) is 0 Å². The van der Waals surface area contributed by atoms with Gasteiger partial charge in [0.15, 0.2) is 5.96 Å². The van der Waals surface area contributed by atoms with Crippen molar-refractivity contribution >= 4 is 41.7 Å². The van der Waals surface area contributed by atoms with Crippen molar-refractivity contribution in [3.63, 3.8) is 0 Å². The smallest absolute Gasteiger partial charge is 0.319 e. The number of carbonyl (C=O) groups is 1. The van der Waals surface area contributed by atoms with Crippen molar-refractivity contribution < 1.29 is 9.32 Å². The Hall–Kier alpha value is -2.30. The molecule has 2 amide bonds. The molecule has 31 heavy (non-hydrogen) atoms. The van der Waals surface area contributed by atoms with E-state index in [4.69, 9.17) is 4.52 Å². The van der Waals surface area contributed by atoms with Crippen LogP contribution in [0.4, 0.5) is 10.5 Å². The van der Waals surface area contributed by atoms with Crippen LogP contribution in [0.25, 0.3) is 0 Å². The summed E-state index contributed by atoms with van der Waals surface area (Å²) in [6.07, 6.45) is 1.65. The molecular formula is C22H35IN6O2. The number of halogens is 1. The quantitative estimate of drug-likeness (QED) is 0.216. The number of aromatic nitrogens is 1. The molecule has 1 heterocycles. The summed E-state index contributed by atoms with van der Waals surface area (Å²) in [5, 5.41) is 16.4. The third-order valence-electron chi connectivity index (χ3n) is 4.44. The van der Waals surface area contributed by atoms with E-state index >= 15 is 0 Å². The van der Waals surface area contributed by atoms with Crippen molar-refractivity contribution in [1.29, 1.82) is 0 Å². The maximum absolute atomic E-state index is 11.8. The summed E-state index contributed by atoms with van der Waals surface area (Å²) in [6.45, 7) is 11.9. The van der Waals surface area contributed by atoms with Crippen molar-refractivity contribution in [1.82, 2.24) is 21.1 Å². The van der Waals surface area contributed by atoms with Gasteiger partial charge >= 0.3 is 6.03 Å². The Kier molecular flexibility index (Phi) is 12.0. The lowest BCUT2D eigenvalue weighted by molar-refractivity contribution is 0.250. The highest BCUT2D eigenvalue weighted by atomic mass is 127. The Bertz CT molecular complexity index is 812. The Morgan fingerprint density at radius 1 is 1.10 bits per heavy atom. The molecule has 0 aliphatic carbocycles. The highest BCUT2D eigenvalue weighted by Gasteiger charge is 2.13. The molecule has 0 fully saturated rings. The van der Waals surface area contributed by atoms with E-state index in [9.17, 15) is 4.79 Å². The standard InChI is InChI=1S/C22H34N6O2.HI/c1-6-19-18(20(7-2)30-28-19)14-25-21(23-8-3)24-13-16-9-11-17(12-10-16)27-22(29)26-15(4)5;/h9-12,15H,6-8,13-14H2,1-5H3,(H2,23,24,25)(H2,26,27,29);1H. The van der Waals surface area contributed by atoms with Crippen LogP contribution in [-0.2, 0) is 25.9 Å². The van der Waals surface area contributed by atoms with Gasteiger partial charge in [0.25, 0.3) is 0 Å². The first kappa shape index (κ1) is 26.7. The molecule has 2 aromatic rings. The first-order valence-electron chi connectivity index (χ1n) is 10.6. The van der Waals surface area contributed by atoms with E-state index in [-0.39, 0.29) is 36.0 Å². The van der Waals surface area contributed by atoms with Gasteiger partial charge < -0.3 is 25.8 Å². The summed E-state index contributed by atoms with van der Waals surface area (Å²) in [6, 6.07) is 7.56. The first-order valence-corrected chi connectivity index (χ1v) is 10.6. The lowest BCUT2D eigenvalue weighted by atomic mass is 10.1. The first-order chi connectivity index (χ1) is 14.5. The zero-order valence-electron chi connectivity index (χ0n) is 19.0. The number of hydrogen-bond acceptors (Lipinski definition) is 4. The van der Waals surface area contributed by atoms with Crippen molar-refractivity contribution in [3.05, 3.63) is 46.8 Å². The zero-order valence-corrected chi connectivity index (χ0v) is 21.4. The third-order valence-corrected chi connectivity index (χ3v) is 4.44. The number of guanidine groups is 1. The fourth-order valence-corrected chi connectivity index (χ4v) is 2.94. The van der Waals surface area contributed by atoms with Gasteiger partial charge in [-0.2, -0.15) is 0 Å². The molecule has 8 nitrogen and oxygen atoms in total. The second-order valence-corrected chi connectivity index (χ2v) is 7.24. The number of amides is 2. The lowest BCUT2D eigenvalue weighted by Crippen LogP contribution is -2.37. The molecule has 0 saturated carbocycles. The van der Waals surface area contributed by atoms with Crippen LogP contribution in [0.15, 0.2) is 33.8 Å². The van der Waals surface area contributed by atoms with E-state index in [0.29, 0.717) is 13.1 Å². The molecule has 1 aromatic carbocycles. The number of urea groups is 1. The molecule has 2 rings (SSSR count). The van der Waals surface area contributed by atoms with Crippen LogP contribution < -0.4 is 21.3 Å². The number of carbonyl (C=O) groups excluding carboxylic acids is 1. The van der Waals surface area contributed by atoms with E-state index in [0.717, 1.165) is 53.6 Å². The Morgan fingerprint density at radius 2 is 1.81 bits per heavy atom. The van der Waals surface area contributed by atoms with E-state index < -0.39 is 0 Å². The van der Waals surface area contributed by atoms with Gasteiger partial charge in [0.2, 0.25) is 0 Å². The summed E-state index contributed by atoms with van der Waals surface area (Å²) in [5.74, 6) is 1.65. The van der Waals surface area contributed by atoms with Gasteiger partial charge in [-0.1, -0.05) is 31.1 Å². The maximum atomic E-state index is 11.8. The molecule has 0 radical (unpaired) electrons. The van der Waals surface area contributed by atoms with Crippen LogP contribution in [-0.4, -0.2) is 29.7 Å². The van der Waals surface area contributed by atoms with Crippen LogP contribution in [0.5, 0.6) is 0 Å². The molecule has 0 saturated heterocycles. The molecule has 0 spiro atoms. The average molecular weight is 542 g/mol. The van der Waals surface area contributed by atoms with E-state index in [1.165, 1.54) is 0 Å². The minimum Gasteiger partial charge on any atom is -0.361 e. The Balaban J connectivity index is 0.00000480. The molecule has 0 aliphatic rings.